The van der Waals surface area contributed by atoms with E-state index in [9.17, 15) is 0 Å². The van der Waals surface area contributed by atoms with E-state index < -0.39 is 0 Å². The Morgan fingerprint density at radius 2 is 2.44 bits per heavy atom. The smallest absolute Gasteiger partial charge is 0.152 e. The molecule has 1 N–H and O–H groups in total. The lowest BCUT2D eigenvalue weighted by Crippen LogP contribution is -2.51. The number of rotatable bonds is 5. The summed E-state index contributed by atoms with van der Waals surface area (Å²) in [4.78, 5) is 4.17. The summed E-state index contributed by atoms with van der Waals surface area (Å²) in [5, 5.41) is 7.46. The van der Waals surface area contributed by atoms with E-state index in [0.717, 1.165) is 25.5 Å². The molecule has 18 heavy (non-hydrogen) atoms. The van der Waals surface area contributed by atoms with Crippen molar-refractivity contribution in [3.05, 3.63) is 12.2 Å². The van der Waals surface area contributed by atoms with Crippen LogP contribution in [0.15, 0.2) is 6.33 Å². The van der Waals surface area contributed by atoms with E-state index in [4.69, 9.17) is 9.47 Å². The summed E-state index contributed by atoms with van der Waals surface area (Å²) >= 11 is 0. The third kappa shape index (κ3) is 3.51. The summed E-state index contributed by atoms with van der Waals surface area (Å²) < 4.78 is 13.4. The van der Waals surface area contributed by atoms with Crippen LogP contribution in [0.5, 0.6) is 0 Å². The molecule has 1 aliphatic heterocycles. The van der Waals surface area contributed by atoms with Crippen molar-refractivity contribution in [2.45, 2.75) is 45.6 Å². The summed E-state index contributed by atoms with van der Waals surface area (Å²) in [6.07, 6.45) is 1.66. The predicted octanol–water partition coefficient (Wildman–Crippen LogP) is 0.582. The zero-order chi connectivity index (χ0) is 13.0. The molecule has 1 saturated heterocycles. The van der Waals surface area contributed by atoms with Gasteiger partial charge in [-0.2, -0.15) is 5.10 Å². The number of ether oxygens (including phenoxy) is 2. The zero-order valence-electron chi connectivity index (χ0n) is 11.3. The van der Waals surface area contributed by atoms with E-state index in [0.29, 0.717) is 13.2 Å². The first-order valence-electron chi connectivity index (χ1n) is 6.43. The van der Waals surface area contributed by atoms with Gasteiger partial charge in [-0.1, -0.05) is 0 Å². The van der Waals surface area contributed by atoms with Crippen molar-refractivity contribution in [2.24, 2.45) is 0 Å². The van der Waals surface area contributed by atoms with Crippen molar-refractivity contribution >= 4 is 0 Å². The van der Waals surface area contributed by atoms with Gasteiger partial charge in [0.2, 0.25) is 0 Å². The first kappa shape index (κ1) is 13.5. The van der Waals surface area contributed by atoms with Crippen molar-refractivity contribution in [3.63, 3.8) is 0 Å². The molecule has 0 saturated carbocycles. The maximum atomic E-state index is 5.92. The van der Waals surface area contributed by atoms with Gasteiger partial charge in [-0.3, -0.25) is 0 Å². The molecule has 1 aromatic rings. The highest BCUT2D eigenvalue weighted by Crippen LogP contribution is 2.15. The average molecular weight is 254 g/mol. The van der Waals surface area contributed by atoms with Crippen molar-refractivity contribution in [1.82, 2.24) is 20.1 Å². The maximum Gasteiger partial charge on any atom is 0.152 e. The Bertz CT molecular complexity index is 378. The Labute approximate surface area is 108 Å². The molecule has 1 aliphatic rings. The number of hydrogen-bond acceptors (Lipinski definition) is 5. The molecule has 0 amide bonds. The van der Waals surface area contributed by atoms with Gasteiger partial charge in [0.05, 0.1) is 18.3 Å². The van der Waals surface area contributed by atoms with Gasteiger partial charge in [-0.05, 0) is 20.8 Å². The largest absolute Gasteiger partial charge is 0.371 e. The van der Waals surface area contributed by atoms with Crippen molar-refractivity contribution in [3.8, 4) is 0 Å². The molecule has 6 heteroatoms. The Morgan fingerprint density at radius 3 is 3.17 bits per heavy atom. The molecule has 1 fully saturated rings. The fourth-order valence-electron chi connectivity index (χ4n) is 2.11. The second-order valence-electron chi connectivity index (χ2n) is 5.14. The number of morpholine rings is 1. The molecule has 0 aliphatic carbocycles. The third-order valence-corrected chi connectivity index (χ3v) is 2.94. The van der Waals surface area contributed by atoms with Crippen LogP contribution in [0.25, 0.3) is 0 Å². The van der Waals surface area contributed by atoms with Gasteiger partial charge in [0, 0.05) is 19.6 Å². The standard InChI is InChI=1S/C12H22N4O2/c1-4-16-11(14-9-15-16)7-17-6-10-5-13-8-12(2,3)18-10/h9-10,13H,4-8H2,1-3H3. The van der Waals surface area contributed by atoms with Crippen molar-refractivity contribution in [2.75, 3.05) is 19.7 Å². The number of nitrogens with zero attached hydrogens (tertiary/aromatic N) is 3. The lowest BCUT2D eigenvalue weighted by atomic mass is 10.1. The van der Waals surface area contributed by atoms with Crippen LogP contribution in [0, 0.1) is 0 Å². The van der Waals surface area contributed by atoms with Crippen molar-refractivity contribution < 1.29 is 9.47 Å². The van der Waals surface area contributed by atoms with Crippen LogP contribution in [0.2, 0.25) is 0 Å². The fraction of sp³-hybridized carbons (Fsp3) is 0.833. The Balaban J connectivity index is 1.75. The average Bonchev–Trinajstić information content (AvgIpc) is 2.75. The molecule has 2 rings (SSSR count). The topological polar surface area (TPSA) is 61.2 Å². The Morgan fingerprint density at radius 1 is 1.61 bits per heavy atom. The number of nitrogens with one attached hydrogen (secondary N) is 1. The molecule has 0 radical (unpaired) electrons. The minimum Gasteiger partial charge on any atom is -0.371 e. The van der Waals surface area contributed by atoms with Gasteiger partial charge in [0.15, 0.2) is 5.82 Å². The Kier molecular flexibility index (Phi) is 4.31. The van der Waals surface area contributed by atoms with Gasteiger partial charge in [0.1, 0.15) is 12.9 Å². The summed E-state index contributed by atoms with van der Waals surface area (Å²) in [5.41, 5.74) is -0.115. The van der Waals surface area contributed by atoms with Crippen LogP contribution in [-0.2, 0) is 22.6 Å². The second kappa shape index (κ2) is 5.77. The van der Waals surface area contributed by atoms with E-state index in [1.807, 2.05) is 11.6 Å². The first-order valence-corrected chi connectivity index (χ1v) is 6.43. The van der Waals surface area contributed by atoms with Crippen LogP contribution < -0.4 is 5.32 Å². The lowest BCUT2D eigenvalue weighted by molar-refractivity contribution is -0.122. The zero-order valence-corrected chi connectivity index (χ0v) is 11.3. The molecular weight excluding hydrogens is 232 g/mol. The second-order valence-corrected chi connectivity index (χ2v) is 5.14. The van der Waals surface area contributed by atoms with Gasteiger partial charge in [0.25, 0.3) is 0 Å². The molecule has 1 unspecified atom stereocenters. The van der Waals surface area contributed by atoms with Crippen LogP contribution in [0.1, 0.15) is 26.6 Å². The Hall–Kier alpha value is -0.980. The van der Waals surface area contributed by atoms with Gasteiger partial charge in [-0.15, -0.1) is 0 Å². The lowest BCUT2D eigenvalue weighted by Gasteiger charge is -2.36. The highest BCUT2D eigenvalue weighted by Gasteiger charge is 2.28. The molecular formula is C12H22N4O2. The van der Waals surface area contributed by atoms with Gasteiger partial charge < -0.3 is 14.8 Å². The highest BCUT2D eigenvalue weighted by molar-refractivity contribution is 4.83. The van der Waals surface area contributed by atoms with E-state index in [2.05, 4.69) is 29.2 Å². The quantitative estimate of drug-likeness (QED) is 0.833. The summed E-state index contributed by atoms with van der Waals surface area (Å²) in [7, 11) is 0. The van der Waals surface area contributed by atoms with Crippen LogP contribution in [-0.4, -0.2) is 46.2 Å². The fourth-order valence-corrected chi connectivity index (χ4v) is 2.11. The highest BCUT2D eigenvalue weighted by atomic mass is 16.5. The molecule has 0 bridgehead atoms. The maximum absolute atomic E-state index is 5.92. The molecule has 1 atom stereocenters. The van der Waals surface area contributed by atoms with E-state index in [1.54, 1.807) is 6.33 Å². The van der Waals surface area contributed by atoms with E-state index >= 15 is 0 Å². The summed E-state index contributed by atoms with van der Waals surface area (Å²) in [6, 6.07) is 0. The first-order chi connectivity index (χ1) is 8.61. The van der Waals surface area contributed by atoms with Crippen LogP contribution >= 0.6 is 0 Å². The molecule has 6 nitrogen and oxygen atoms in total. The number of aromatic nitrogens is 3. The molecule has 1 aromatic heterocycles. The molecule has 0 spiro atoms. The minimum atomic E-state index is -0.115. The van der Waals surface area contributed by atoms with Crippen LogP contribution in [0.4, 0.5) is 0 Å². The minimum absolute atomic E-state index is 0.103. The van der Waals surface area contributed by atoms with E-state index in [1.165, 1.54) is 0 Å². The van der Waals surface area contributed by atoms with Gasteiger partial charge in [-0.25, -0.2) is 9.67 Å². The van der Waals surface area contributed by atoms with Crippen LogP contribution in [0.3, 0.4) is 0 Å². The van der Waals surface area contributed by atoms with Gasteiger partial charge >= 0.3 is 0 Å². The van der Waals surface area contributed by atoms with E-state index in [-0.39, 0.29) is 11.7 Å². The SMILES string of the molecule is CCn1ncnc1COCC1CNCC(C)(C)O1. The molecule has 102 valence electrons. The summed E-state index contributed by atoms with van der Waals surface area (Å²) in [5.74, 6) is 0.862. The number of aryl methyl sites for hydroxylation is 1. The van der Waals surface area contributed by atoms with Crippen molar-refractivity contribution in [1.29, 1.82) is 0 Å². The third-order valence-electron chi connectivity index (χ3n) is 2.94. The summed E-state index contributed by atoms with van der Waals surface area (Å²) in [6.45, 7) is 9.79. The predicted molar refractivity (Wildman–Crippen MR) is 67.2 cm³/mol. The monoisotopic (exact) mass is 254 g/mol. The number of hydrogen-bond donors (Lipinski definition) is 1. The normalized spacial score (nSPS) is 23.2. The molecule has 0 aromatic carbocycles. The molecule has 2 heterocycles.